The first-order valence-corrected chi connectivity index (χ1v) is 7.26. The van der Waals surface area contributed by atoms with Crippen molar-refractivity contribution < 1.29 is 0 Å². The van der Waals surface area contributed by atoms with E-state index in [0.717, 1.165) is 18.0 Å². The third-order valence-electron chi connectivity index (χ3n) is 4.73. The molecule has 100 valence electrons. The van der Waals surface area contributed by atoms with Gasteiger partial charge in [-0.2, -0.15) is 5.10 Å². The van der Waals surface area contributed by atoms with Crippen molar-refractivity contribution in [2.24, 2.45) is 5.92 Å². The molecule has 0 unspecified atom stereocenters. The van der Waals surface area contributed by atoms with E-state index in [4.69, 9.17) is 0 Å². The van der Waals surface area contributed by atoms with Crippen molar-refractivity contribution in [2.45, 2.75) is 25.4 Å². The van der Waals surface area contributed by atoms with Crippen LogP contribution >= 0.6 is 0 Å². The highest BCUT2D eigenvalue weighted by atomic mass is 15.2. The van der Waals surface area contributed by atoms with Crippen LogP contribution in [0.4, 0.5) is 0 Å². The molecule has 2 aromatic rings. The zero-order chi connectivity index (χ0) is 12.7. The molecule has 2 N–H and O–H groups in total. The van der Waals surface area contributed by atoms with Crippen LogP contribution in [-0.2, 0) is 6.54 Å². The van der Waals surface area contributed by atoms with Crippen molar-refractivity contribution in [2.75, 3.05) is 19.6 Å². The van der Waals surface area contributed by atoms with Crippen molar-refractivity contribution in [3.05, 3.63) is 30.0 Å². The number of piperidine rings is 3. The van der Waals surface area contributed by atoms with Crippen LogP contribution in [0.5, 0.6) is 0 Å². The van der Waals surface area contributed by atoms with E-state index in [1.165, 1.54) is 43.4 Å². The molecule has 4 nitrogen and oxygen atoms in total. The van der Waals surface area contributed by atoms with Crippen molar-refractivity contribution in [3.63, 3.8) is 0 Å². The highest BCUT2D eigenvalue weighted by Gasteiger charge is 2.33. The zero-order valence-corrected chi connectivity index (χ0v) is 11.1. The minimum Gasteiger partial charge on any atom is -0.308 e. The fourth-order valence-corrected chi connectivity index (χ4v) is 3.54. The number of fused-ring (bicyclic) bond motifs is 4. The molecule has 19 heavy (non-hydrogen) atoms. The van der Waals surface area contributed by atoms with Gasteiger partial charge in [-0.1, -0.05) is 12.1 Å². The SMILES string of the molecule is c1cc2cn[nH]c2cc1CN[C@H]1CN2CCC1CC2. The lowest BCUT2D eigenvalue weighted by atomic mass is 9.84. The third kappa shape index (κ3) is 2.15. The van der Waals surface area contributed by atoms with Crippen LogP contribution in [-0.4, -0.2) is 40.8 Å². The monoisotopic (exact) mass is 256 g/mol. The lowest BCUT2D eigenvalue weighted by Gasteiger charge is -2.45. The maximum absolute atomic E-state index is 4.07. The van der Waals surface area contributed by atoms with Crippen LogP contribution in [0.3, 0.4) is 0 Å². The van der Waals surface area contributed by atoms with Crippen LogP contribution in [0.25, 0.3) is 10.9 Å². The maximum Gasteiger partial charge on any atom is 0.0653 e. The quantitative estimate of drug-likeness (QED) is 0.879. The van der Waals surface area contributed by atoms with E-state index in [2.05, 4.69) is 38.6 Å². The molecule has 0 saturated carbocycles. The second kappa shape index (κ2) is 4.62. The Balaban J connectivity index is 1.44. The molecule has 3 saturated heterocycles. The average molecular weight is 256 g/mol. The van der Waals surface area contributed by atoms with Gasteiger partial charge in [0.05, 0.1) is 11.7 Å². The van der Waals surface area contributed by atoms with Crippen molar-refractivity contribution in [1.82, 2.24) is 20.4 Å². The molecule has 3 aliphatic rings. The number of benzene rings is 1. The fourth-order valence-electron chi connectivity index (χ4n) is 3.54. The Hall–Kier alpha value is -1.39. The fraction of sp³-hybridized carbons (Fsp3) is 0.533. The summed E-state index contributed by atoms with van der Waals surface area (Å²) in [6.45, 7) is 4.81. The third-order valence-corrected chi connectivity index (χ3v) is 4.73. The first-order chi connectivity index (χ1) is 9.38. The van der Waals surface area contributed by atoms with Gasteiger partial charge < -0.3 is 10.2 Å². The minimum atomic E-state index is 0.681. The highest BCUT2D eigenvalue weighted by molar-refractivity contribution is 5.78. The summed E-state index contributed by atoms with van der Waals surface area (Å²) in [5.41, 5.74) is 2.47. The van der Waals surface area contributed by atoms with Crippen LogP contribution in [0.2, 0.25) is 0 Å². The van der Waals surface area contributed by atoms with E-state index in [1.807, 2.05) is 6.20 Å². The summed E-state index contributed by atoms with van der Waals surface area (Å²) >= 11 is 0. The second-order valence-corrected chi connectivity index (χ2v) is 5.92. The molecule has 1 aromatic heterocycles. The predicted molar refractivity (Wildman–Crippen MR) is 75.9 cm³/mol. The Bertz CT molecular complexity index is 568. The number of rotatable bonds is 3. The molecule has 0 spiro atoms. The van der Waals surface area contributed by atoms with Gasteiger partial charge in [-0.05, 0) is 43.5 Å². The first kappa shape index (κ1) is 11.4. The second-order valence-electron chi connectivity index (χ2n) is 5.92. The molecule has 0 amide bonds. The van der Waals surface area contributed by atoms with Crippen molar-refractivity contribution in [3.8, 4) is 0 Å². The largest absolute Gasteiger partial charge is 0.308 e. The molecule has 0 aliphatic carbocycles. The van der Waals surface area contributed by atoms with Gasteiger partial charge in [-0.15, -0.1) is 0 Å². The van der Waals surface area contributed by atoms with Gasteiger partial charge in [-0.3, -0.25) is 5.10 Å². The Morgan fingerprint density at radius 3 is 3.00 bits per heavy atom. The average Bonchev–Trinajstić information content (AvgIpc) is 2.94. The molecule has 4 heterocycles. The summed E-state index contributed by atoms with van der Waals surface area (Å²) in [6.07, 6.45) is 4.62. The van der Waals surface area contributed by atoms with E-state index in [-0.39, 0.29) is 0 Å². The Morgan fingerprint density at radius 1 is 1.32 bits per heavy atom. The normalized spacial score (nSPS) is 30.0. The van der Waals surface area contributed by atoms with E-state index in [0.29, 0.717) is 6.04 Å². The van der Waals surface area contributed by atoms with Crippen LogP contribution in [0.15, 0.2) is 24.4 Å². The molecule has 1 atom stereocenters. The molecule has 2 bridgehead atoms. The van der Waals surface area contributed by atoms with E-state index < -0.39 is 0 Å². The topological polar surface area (TPSA) is 44.0 Å². The summed E-state index contributed by atoms with van der Waals surface area (Å²) < 4.78 is 0. The molecular weight excluding hydrogens is 236 g/mol. The van der Waals surface area contributed by atoms with Gasteiger partial charge in [0.1, 0.15) is 0 Å². The summed E-state index contributed by atoms with van der Waals surface area (Å²) in [4.78, 5) is 2.59. The molecular formula is C15H20N4. The van der Waals surface area contributed by atoms with Gasteiger partial charge in [0.15, 0.2) is 0 Å². The number of hydrogen-bond acceptors (Lipinski definition) is 3. The summed E-state index contributed by atoms with van der Waals surface area (Å²) in [6, 6.07) is 7.23. The number of nitrogens with zero attached hydrogens (tertiary/aromatic N) is 2. The molecule has 5 rings (SSSR count). The maximum atomic E-state index is 4.07. The molecule has 3 aliphatic heterocycles. The Kier molecular flexibility index (Phi) is 2.78. The van der Waals surface area contributed by atoms with Gasteiger partial charge in [0, 0.05) is 24.5 Å². The zero-order valence-electron chi connectivity index (χ0n) is 11.1. The Labute approximate surface area is 113 Å². The van der Waals surface area contributed by atoms with Gasteiger partial charge in [-0.25, -0.2) is 0 Å². The number of hydrogen-bond donors (Lipinski definition) is 2. The molecule has 0 radical (unpaired) electrons. The Morgan fingerprint density at radius 2 is 2.21 bits per heavy atom. The summed E-state index contributed by atoms with van der Waals surface area (Å²) in [5, 5.41) is 12.0. The van der Waals surface area contributed by atoms with E-state index in [9.17, 15) is 0 Å². The van der Waals surface area contributed by atoms with Gasteiger partial charge >= 0.3 is 0 Å². The van der Waals surface area contributed by atoms with Crippen LogP contribution < -0.4 is 5.32 Å². The smallest absolute Gasteiger partial charge is 0.0653 e. The first-order valence-electron chi connectivity index (χ1n) is 7.26. The number of aromatic nitrogens is 2. The standard InChI is InChI=1S/C15H20N4/c1-2-13-9-17-18-14(13)7-11(1)8-16-15-10-19-5-3-12(15)4-6-19/h1-2,7,9,12,15-16H,3-6,8,10H2,(H,17,18)/t15-/m0/s1. The summed E-state index contributed by atoms with van der Waals surface area (Å²) in [7, 11) is 0. The molecule has 1 aromatic carbocycles. The van der Waals surface area contributed by atoms with E-state index >= 15 is 0 Å². The lowest BCUT2D eigenvalue weighted by molar-refractivity contribution is 0.0720. The van der Waals surface area contributed by atoms with E-state index in [1.54, 1.807) is 0 Å². The van der Waals surface area contributed by atoms with Crippen molar-refractivity contribution >= 4 is 10.9 Å². The number of nitrogens with one attached hydrogen (secondary N) is 2. The number of aromatic amines is 1. The lowest BCUT2D eigenvalue weighted by Crippen LogP contribution is -2.55. The minimum absolute atomic E-state index is 0.681. The van der Waals surface area contributed by atoms with Gasteiger partial charge in [0.2, 0.25) is 0 Å². The molecule has 3 fully saturated rings. The summed E-state index contributed by atoms with van der Waals surface area (Å²) in [5.74, 6) is 0.890. The van der Waals surface area contributed by atoms with Crippen LogP contribution in [0, 0.1) is 5.92 Å². The predicted octanol–water partition coefficient (Wildman–Crippen LogP) is 1.75. The molecule has 4 heteroatoms. The van der Waals surface area contributed by atoms with Gasteiger partial charge in [0.25, 0.3) is 0 Å². The highest BCUT2D eigenvalue weighted by Crippen LogP contribution is 2.27. The number of H-pyrrole nitrogens is 1. The van der Waals surface area contributed by atoms with Crippen LogP contribution in [0.1, 0.15) is 18.4 Å². The van der Waals surface area contributed by atoms with Crippen molar-refractivity contribution in [1.29, 1.82) is 0 Å².